The molecule has 2 aromatic carbocycles. The average molecular weight is 925 g/mol. The van der Waals surface area contributed by atoms with E-state index in [0.29, 0.717) is 32.1 Å². The van der Waals surface area contributed by atoms with Gasteiger partial charge in [0, 0.05) is 19.3 Å². The molecule has 2 fully saturated rings. The molecule has 0 amide bonds. The van der Waals surface area contributed by atoms with Gasteiger partial charge in [-0.2, -0.15) is 17.6 Å². The predicted molar refractivity (Wildman–Crippen MR) is 229 cm³/mol. The molecule has 7 atom stereocenters. The van der Waals surface area contributed by atoms with Crippen LogP contribution in [0.3, 0.4) is 0 Å². The summed E-state index contributed by atoms with van der Waals surface area (Å²) in [5.41, 5.74) is -3.90. The summed E-state index contributed by atoms with van der Waals surface area (Å²) in [6, 6.07) is 0. The van der Waals surface area contributed by atoms with Crippen LogP contribution < -0.4 is 9.47 Å². The Balaban J connectivity index is 1.18. The van der Waals surface area contributed by atoms with Crippen molar-refractivity contribution in [3.8, 4) is 22.6 Å². The van der Waals surface area contributed by atoms with E-state index in [4.69, 9.17) is 28.4 Å². The van der Waals surface area contributed by atoms with Gasteiger partial charge in [-0.15, -0.1) is 0 Å². The van der Waals surface area contributed by atoms with Gasteiger partial charge in [-0.3, -0.25) is 0 Å². The molecule has 4 rings (SSSR count). The smallest absolute Gasteiger partial charge is 0.204 e. The Bertz CT molecular complexity index is 1620. The lowest BCUT2D eigenvalue weighted by Crippen LogP contribution is -2.44. The highest BCUT2D eigenvalue weighted by molar-refractivity contribution is 5.69. The summed E-state index contributed by atoms with van der Waals surface area (Å²) in [5.74, 6) is -20.4. The second-order valence-electron chi connectivity index (χ2n) is 17.6. The maximum Gasteiger partial charge on any atom is 0.204 e. The molecule has 2 heterocycles. The first-order valence-corrected chi connectivity index (χ1v) is 24.1. The zero-order chi connectivity index (χ0) is 46.6. The number of aliphatic hydroxyl groups excluding tert-OH is 1. The normalized spacial score (nSPS) is 22.0. The zero-order valence-corrected chi connectivity index (χ0v) is 38.3. The lowest BCUT2D eigenvalue weighted by atomic mass is 9.96. The number of aliphatic hydroxyl groups is 1. The van der Waals surface area contributed by atoms with Gasteiger partial charge in [-0.05, 0) is 58.3 Å². The molecule has 2 aliphatic rings. The first-order chi connectivity index (χ1) is 30.8. The van der Waals surface area contributed by atoms with Crippen molar-refractivity contribution in [2.75, 3.05) is 13.2 Å². The number of ether oxygens (including phenoxy) is 6. The van der Waals surface area contributed by atoms with Crippen LogP contribution in [0.25, 0.3) is 11.1 Å². The number of benzene rings is 2. The summed E-state index contributed by atoms with van der Waals surface area (Å²) in [7, 11) is 0. The van der Waals surface area contributed by atoms with Crippen molar-refractivity contribution < 1.29 is 68.7 Å². The van der Waals surface area contributed by atoms with Crippen molar-refractivity contribution in [2.45, 2.75) is 225 Å². The van der Waals surface area contributed by atoms with E-state index in [2.05, 4.69) is 13.8 Å². The summed E-state index contributed by atoms with van der Waals surface area (Å²) < 4.78 is 155. The SMILES string of the molecule is CCCCCCCC1OC(CC)CC(CC2CC(CC(C)O)OC(CCCCCCCCCCOc3c(F)c(F)c(-c4c(F)c(F)c(OCCCCCC)c(F)c4F)c(F)c3F)O2)O1. The van der Waals surface area contributed by atoms with Gasteiger partial charge in [0.05, 0.1) is 54.9 Å². The van der Waals surface area contributed by atoms with Crippen LogP contribution in [0, 0.1) is 46.5 Å². The Hall–Kier alpha value is -2.72. The largest absolute Gasteiger partial charge is 0.487 e. The zero-order valence-electron chi connectivity index (χ0n) is 38.3. The van der Waals surface area contributed by atoms with E-state index in [0.717, 1.165) is 89.9 Å². The number of halogens is 8. The monoisotopic (exact) mass is 925 g/mol. The first-order valence-electron chi connectivity index (χ1n) is 24.1. The topological polar surface area (TPSA) is 75.6 Å². The molecule has 0 aliphatic carbocycles. The van der Waals surface area contributed by atoms with Crippen molar-refractivity contribution in [1.29, 1.82) is 0 Å². The van der Waals surface area contributed by atoms with Gasteiger partial charge in [0.15, 0.2) is 47.3 Å². The second kappa shape index (κ2) is 28.5. The molecule has 0 saturated carbocycles. The maximum atomic E-state index is 15.1. The third-order valence-electron chi connectivity index (χ3n) is 12.1. The second-order valence-corrected chi connectivity index (χ2v) is 17.6. The van der Waals surface area contributed by atoms with Crippen molar-refractivity contribution in [3.63, 3.8) is 0 Å². The maximum absolute atomic E-state index is 15.1. The highest BCUT2D eigenvalue weighted by Gasteiger charge is 2.37. The molecular formula is C49H72F8O7. The summed E-state index contributed by atoms with van der Waals surface area (Å²) in [6.45, 7) is 7.44. The van der Waals surface area contributed by atoms with E-state index >= 15 is 8.78 Å². The van der Waals surface area contributed by atoms with Crippen molar-refractivity contribution >= 4 is 0 Å². The van der Waals surface area contributed by atoms with Crippen LogP contribution in [0.5, 0.6) is 11.5 Å². The Morgan fingerprint density at radius 2 is 0.812 bits per heavy atom. The fourth-order valence-corrected chi connectivity index (χ4v) is 8.58. The van der Waals surface area contributed by atoms with Crippen molar-refractivity contribution in [3.05, 3.63) is 46.5 Å². The minimum absolute atomic E-state index is 0.0397. The molecule has 7 nitrogen and oxygen atoms in total. The van der Waals surface area contributed by atoms with Crippen molar-refractivity contribution in [1.82, 2.24) is 0 Å². The van der Waals surface area contributed by atoms with E-state index in [1.54, 1.807) is 6.92 Å². The lowest BCUT2D eigenvalue weighted by Gasteiger charge is -2.40. The van der Waals surface area contributed by atoms with Crippen LogP contribution in [0.1, 0.15) is 182 Å². The van der Waals surface area contributed by atoms with Crippen molar-refractivity contribution in [2.24, 2.45) is 0 Å². The summed E-state index contributed by atoms with van der Waals surface area (Å²) in [6.07, 6.45) is 19.2. The van der Waals surface area contributed by atoms with Crippen LogP contribution in [0.4, 0.5) is 35.1 Å². The third-order valence-corrected chi connectivity index (χ3v) is 12.1. The van der Waals surface area contributed by atoms with Gasteiger partial charge < -0.3 is 33.5 Å². The number of hydrogen-bond donors (Lipinski definition) is 1. The summed E-state index contributed by atoms with van der Waals surface area (Å²) >= 11 is 0. The Kier molecular flexibility index (Phi) is 24.0. The number of unbranched alkanes of at least 4 members (excludes halogenated alkanes) is 14. The van der Waals surface area contributed by atoms with Gasteiger partial charge in [0.1, 0.15) is 0 Å². The van der Waals surface area contributed by atoms with Gasteiger partial charge >= 0.3 is 0 Å². The van der Waals surface area contributed by atoms with Gasteiger partial charge in [0.25, 0.3) is 0 Å². The van der Waals surface area contributed by atoms with Crippen LogP contribution in [-0.2, 0) is 18.9 Å². The average Bonchev–Trinajstić information content (AvgIpc) is 3.26. The van der Waals surface area contributed by atoms with Gasteiger partial charge in [-0.25, -0.2) is 17.6 Å². The Morgan fingerprint density at radius 3 is 1.22 bits per heavy atom. The molecule has 64 heavy (non-hydrogen) atoms. The highest BCUT2D eigenvalue weighted by Crippen LogP contribution is 2.42. The van der Waals surface area contributed by atoms with Gasteiger partial charge in [0.2, 0.25) is 23.3 Å². The number of rotatable bonds is 30. The van der Waals surface area contributed by atoms with E-state index in [1.807, 2.05) is 6.92 Å². The van der Waals surface area contributed by atoms with Gasteiger partial charge in [-0.1, -0.05) is 104 Å². The number of hydrogen-bond acceptors (Lipinski definition) is 7. The third kappa shape index (κ3) is 16.3. The molecule has 2 aromatic rings. The molecule has 7 unspecified atom stereocenters. The molecular weight excluding hydrogens is 853 g/mol. The lowest BCUT2D eigenvalue weighted by molar-refractivity contribution is -0.275. The molecule has 0 aromatic heterocycles. The quantitative estimate of drug-likeness (QED) is 0.0475. The molecule has 366 valence electrons. The molecule has 1 N–H and O–H groups in total. The molecule has 0 bridgehead atoms. The van der Waals surface area contributed by atoms with Crippen LogP contribution in [-0.4, -0.2) is 61.4 Å². The van der Waals surface area contributed by atoms with E-state index in [9.17, 15) is 31.4 Å². The van der Waals surface area contributed by atoms with E-state index in [-0.39, 0.29) is 56.6 Å². The fraction of sp³-hybridized carbons (Fsp3) is 0.755. The first kappa shape index (κ1) is 53.9. The molecule has 2 saturated heterocycles. The highest BCUT2D eigenvalue weighted by atomic mass is 19.2. The van der Waals surface area contributed by atoms with Crippen LogP contribution in [0.15, 0.2) is 0 Å². The summed E-state index contributed by atoms with van der Waals surface area (Å²) in [5, 5.41) is 10.1. The fourth-order valence-electron chi connectivity index (χ4n) is 8.58. The molecule has 0 spiro atoms. The van der Waals surface area contributed by atoms with E-state index in [1.165, 1.54) is 25.7 Å². The van der Waals surface area contributed by atoms with E-state index < -0.39 is 75.3 Å². The Morgan fingerprint density at radius 1 is 0.469 bits per heavy atom. The predicted octanol–water partition coefficient (Wildman–Crippen LogP) is 14.2. The van der Waals surface area contributed by atoms with Crippen LogP contribution in [0.2, 0.25) is 0 Å². The minimum Gasteiger partial charge on any atom is -0.487 e. The van der Waals surface area contributed by atoms with Crippen LogP contribution >= 0.6 is 0 Å². The molecule has 2 aliphatic heterocycles. The standard InChI is InChI=1S/C49H72F8O7/c1-5-8-10-16-19-23-36-61-32(7-3)28-34(63-36)30-35-29-33(27-31(4)58)62-37(64-35)24-20-17-14-12-13-15-18-22-26-60-49-46(56)42(52)39(43(53)47(49)57)38-40(50)44(54)48(45(55)41(38)51)59-25-21-11-9-6-2/h31-37,58H,5-30H2,1-4H3. The molecule has 0 radical (unpaired) electrons. The Labute approximate surface area is 375 Å². The minimum atomic E-state index is -2.27. The molecule has 15 heteroatoms. The summed E-state index contributed by atoms with van der Waals surface area (Å²) in [4.78, 5) is 0.